The van der Waals surface area contributed by atoms with E-state index in [0.29, 0.717) is 47.6 Å². The molecule has 0 saturated heterocycles. The summed E-state index contributed by atoms with van der Waals surface area (Å²) in [5.74, 6) is 2.81. The Morgan fingerprint density at radius 1 is 0.925 bits per heavy atom. The zero-order valence-corrected chi connectivity index (χ0v) is 23.7. The van der Waals surface area contributed by atoms with Gasteiger partial charge in [0.25, 0.3) is 5.56 Å². The standard InChI is InChI=1S/C31H33N3O5S/c1-4-20-5-8-25-23(13-20)16-24(30(35)33-25)18-34(17-22-7-10-27-29(15-22)39-19-38-27)31(40)32-12-11-21-6-9-26(36-2)28(14-21)37-3/h5-10,13-16H,4,11-12,17-19H2,1-3H3,(H,32,40)(H,33,35). The summed E-state index contributed by atoms with van der Waals surface area (Å²) in [6, 6.07) is 19.8. The van der Waals surface area contributed by atoms with Crippen molar-refractivity contribution in [1.82, 2.24) is 15.2 Å². The number of benzene rings is 3. The van der Waals surface area contributed by atoms with Crippen LogP contribution in [-0.2, 0) is 25.9 Å². The molecule has 0 spiro atoms. The van der Waals surface area contributed by atoms with Crippen LogP contribution in [0.25, 0.3) is 10.9 Å². The Bertz CT molecular complexity index is 1590. The van der Waals surface area contributed by atoms with Crippen molar-refractivity contribution in [3.63, 3.8) is 0 Å². The van der Waals surface area contributed by atoms with Crippen molar-refractivity contribution in [3.8, 4) is 23.0 Å². The van der Waals surface area contributed by atoms with E-state index in [1.165, 1.54) is 5.56 Å². The van der Waals surface area contributed by atoms with Gasteiger partial charge in [0.2, 0.25) is 6.79 Å². The van der Waals surface area contributed by atoms with Gasteiger partial charge in [-0.15, -0.1) is 0 Å². The van der Waals surface area contributed by atoms with Crippen LogP contribution in [0, 0.1) is 0 Å². The second-order valence-electron chi connectivity index (χ2n) is 9.61. The van der Waals surface area contributed by atoms with Crippen molar-refractivity contribution in [2.24, 2.45) is 0 Å². The molecule has 0 aliphatic carbocycles. The fourth-order valence-electron chi connectivity index (χ4n) is 4.77. The number of fused-ring (bicyclic) bond motifs is 2. The number of nitrogens with zero attached hydrogens (tertiary/aromatic N) is 1. The predicted molar refractivity (Wildman–Crippen MR) is 160 cm³/mol. The van der Waals surface area contributed by atoms with Gasteiger partial charge in [-0.2, -0.15) is 0 Å². The molecule has 0 fully saturated rings. The van der Waals surface area contributed by atoms with Crippen molar-refractivity contribution < 1.29 is 18.9 Å². The van der Waals surface area contributed by atoms with Crippen LogP contribution in [0.15, 0.2) is 65.5 Å². The largest absolute Gasteiger partial charge is 0.493 e. The van der Waals surface area contributed by atoms with Crippen LogP contribution in [0.1, 0.15) is 29.2 Å². The van der Waals surface area contributed by atoms with E-state index in [2.05, 4.69) is 23.3 Å². The quantitative estimate of drug-likeness (QED) is 0.264. The van der Waals surface area contributed by atoms with Crippen LogP contribution in [0.3, 0.4) is 0 Å². The van der Waals surface area contributed by atoms with E-state index in [9.17, 15) is 4.79 Å². The highest BCUT2D eigenvalue weighted by molar-refractivity contribution is 7.80. The highest BCUT2D eigenvalue weighted by Crippen LogP contribution is 2.33. The van der Waals surface area contributed by atoms with Crippen LogP contribution >= 0.6 is 12.2 Å². The smallest absolute Gasteiger partial charge is 0.253 e. The molecule has 0 amide bonds. The van der Waals surface area contributed by atoms with Crippen molar-refractivity contribution in [3.05, 3.63) is 93.3 Å². The number of pyridine rings is 1. The van der Waals surface area contributed by atoms with Crippen LogP contribution in [0.5, 0.6) is 23.0 Å². The number of rotatable bonds is 10. The fourth-order valence-corrected chi connectivity index (χ4v) is 5.00. The van der Waals surface area contributed by atoms with Gasteiger partial charge in [0.15, 0.2) is 28.1 Å². The Balaban J connectivity index is 1.36. The number of hydrogen-bond acceptors (Lipinski definition) is 6. The summed E-state index contributed by atoms with van der Waals surface area (Å²) < 4.78 is 21.8. The number of aromatic amines is 1. The van der Waals surface area contributed by atoms with Gasteiger partial charge in [0, 0.05) is 24.2 Å². The molecule has 9 heteroatoms. The van der Waals surface area contributed by atoms with Gasteiger partial charge >= 0.3 is 0 Å². The monoisotopic (exact) mass is 559 g/mol. The second kappa shape index (κ2) is 12.3. The molecule has 0 unspecified atom stereocenters. The minimum Gasteiger partial charge on any atom is -0.493 e. The summed E-state index contributed by atoms with van der Waals surface area (Å²) >= 11 is 5.86. The third-order valence-electron chi connectivity index (χ3n) is 6.99. The summed E-state index contributed by atoms with van der Waals surface area (Å²) in [6.45, 7) is 3.78. The fraction of sp³-hybridized carbons (Fsp3) is 0.290. The zero-order valence-electron chi connectivity index (χ0n) is 22.9. The van der Waals surface area contributed by atoms with Crippen LogP contribution in [0.4, 0.5) is 0 Å². The lowest BCUT2D eigenvalue weighted by atomic mass is 10.1. The number of hydrogen-bond donors (Lipinski definition) is 2. The predicted octanol–water partition coefficient (Wildman–Crippen LogP) is 4.96. The number of ether oxygens (including phenoxy) is 4. The molecular weight excluding hydrogens is 526 g/mol. The van der Waals surface area contributed by atoms with Crippen LogP contribution < -0.4 is 29.8 Å². The summed E-state index contributed by atoms with van der Waals surface area (Å²) in [6.07, 6.45) is 1.66. The summed E-state index contributed by atoms with van der Waals surface area (Å²) in [5.41, 5.74) is 4.65. The first-order valence-electron chi connectivity index (χ1n) is 13.2. The second-order valence-corrected chi connectivity index (χ2v) is 10.0. The normalized spacial score (nSPS) is 11.9. The Morgan fingerprint density at radius 2 is 1.70 bits per heavy atom. The van der Waals surface area contributed by atoms with Gasteiger partial charge in [0.05, 0.1) is 20.8 Å². The molecule has 1 aliphatic heterocycles. The molecule has 0 bridgehead atoms. The van der Waals surface area contributed by atoms with Gasteiger partial charge in [0.1, 0.15) is 0 Å². The topological polar surface area (TPSA) is 85.1 Å². The average molecular weight is 560 g/mol. The molecule has 2 N–H and O–H groups in total. The van der Waals surface area contributed by atoms with Crippen molar-refractivity contribution in [2.75, 3.05) is 27.6 Å². The van der Waals surface area contributed by atoms with Gasteiger partial charge in [-0.1, -0.05) is 25.1 Å². The van der Waals surface area contributed by atoms with E-state index >= 15 is 0 Å². The Kier molecular flexibility index (Phi) is 8.40. The lowest BCUT2D eigenvalue weighted by Crippen LogP contribution is -2.40. The molecule has 3 aromatic carbocycles. The van der Waals surface area contributed by atoms with E-state index in [0.717, 1.165) is 40.6 Å². The van der Waals surface area contributed by atoms with E-state index in [1.807, 2.05) is 59.5 Å². The Hall–Kier alpha value is -4.24. The summed E-state index contributed by atoms with van der Waals surface area (Å²) in [5, 5.41) is 4.94. The first kappa shape index (κ1) is 27.3. The minimum absolute atomic E-state index is 0.124. The molecule has 0 atom stereocenters. The number of methoxy groups -OCH3 is 2. The Morgan fingerprint density at radius 3 is 2.50 bits per heavy atom. The number of thiocarbonyl (C=S) groups is 1. The molecule has 40 heavy (non-hydrogen) atoms. The molecule has 1 aromatic heterocycles. The number of nitrogens with one attached hydrogen (secondary N) is 2. The zero-order chi connectivity index (χ0) is 28.1. The third-order valence-corrected chi connectivity index (χ3v) is 7.39. The lowest BCUT2D eigenvalue weighted by molar-refractivity contribution is 0.174. The van der Waals surface area contributed by atoms with E-state index in [1.54, 1.807) is 14.2 Å². The molecule has 2 heterocycles. The Labute approximate surface area is 238 Å². The first-order valence-corrected chi connectivity index (χ1v) is 13.6. The van der Waals surface area contributed by atoms with Crippen LogP contribution in [-0.4, -0.2) is 42.6 Å². The first-order chi connectivity index (χ1) is 19.5. The van der Waals surface area contributed by atoms with Gasteiger partial charge in [-0.25, -0.2) is 0 Å². The van der Waals surface area contributed by atoms with E-state index in [4.69, 9.17) is 31.2 Å². The molecule has 4 aromatic rings. The lowest BCUT2D eigenvalue weighted by Gasteiger charge is -2.26. The van der Waals surface area contributed by atoms with Gasteiger partial charge in [-0.3, -0.25) is 4.79 Å². The highest BCUT2D eigenvalue weighted by Gasteiger charge is 2.18. The van der Waals surface area contributed by atoms with Crippen molar-refractivity contribution >= 4 is 28.2 Å². The van der Waals surface area contributed by atoms with Crippen molar-refractivity contribution in [1.29, 1.82) is 0 Å². The summed E-state index contributed by atoms with van der Waals surface area (Å²) in [4.78, 5) is 18.1. The average Bonchev–Trinajstić information content (AvgIpc) is 3.44. The summed E-state index contributed by atoms with van der Waals surface area (Å²) in [7, 11) is 3.25. The maximum Gasteiger partial charge on any atom is 0.253 e. The number of aromatic nitrogens is 1. The number of aryl methyl sites for hydroxylation is 1. The maximum absolute atomic E-state index is 13.1. The maximum atomic E-state index is 13.1. The molecule has 208 valence electrons. The molecule has 1 aliphatic rings. The molecule has 8 nitrogen and oxygen atoms in total. The highest BCUT2D eigenvalue weighted by atomic mass is 32.1. The van der Waals surface area contributed by atoms with E-state index in [-0.39, 0.29) is 12.4 Å². The van der Waals surface area contributed by atoms with Gasteiger partial charge in [-0.05, 0) is 89.6 Å². The molecule has 0 radical (unpaired) electrons. The molecular formula is C31H33N3O5S. The SMILES string of the molecule is CCc1ccc2[nH]c(=O)c(CN(Cc3ccc4c(c3)OCO4)C(=S)NCCc3ccc(OC)c(OC)c3)cc2c1. The van der Waals surface area contributed by atoms with E-state index < -0.39 is 0 Å². The van der Waals surface area contributed by atoms with Crippen molar-refractivity contribution in [2.45, 2.75) is 32.9 Å². The molecule has 5 rings (SSSR count). The number of H-pyrrole nitrogens is 1. The van der Waals surface area contributed by atoms with Gasteiger partial charge < -0.3 is 34.1 Å². The molecule has 0 saturated carbocycles. The third kappa shape index (κ3) is 6.15. The van der Waals surface area contributed by atoms with Crippen LogP contribution in [0.2, 0.25) is 0 Å². The minimum atomic E-state index is -0.124.